The smallest absolute Gasteiger partial charge is 0.371 e. The number of hydrogen-bond donors (Lipinski definition) is 2. The molecule has 222 valence electrons. The molecule has 2 atom stereocenters. The molecular weight excluding hydrogens is 545 g/mol. The minimum atomic E-state index is -4.52. The highest BCUT2D eigenvalue weighted by molar-refractivity contribution is 6.33. The molecule has 8 nitrogen and oxygen atoms in total. The third-order valence-corrected chi connectivity index (χ3v) is 8.26. The quantitative estimate of drug-likeness (QED) is 0.426. The number of alkyl halides is 3. The van der Waals surface area contributed by atoms with E-state index in [1.807, 2.05) is 5.32 Å². The average molecular weight is 585 g/mol. The van der Waals surface area contributed by atoms with Crippen molar-refractivity contribution in [2.24, 2.45) is 5.41 Å². The largest absolute Gasteiger partial charge is 0.405 e. The van der Waals surface area contributed by atoms with Crippen LogP contribution in [-0.2, 0) is 0 Å². The van der Waals surface area contributed by atoms with Crippen LogP contribution in [0.3, 0.4) is 0 Å². The second-order valence-electron chi connectivity index (χ2n) is 12.5. The predicted molar refractivity (Wildman–Crippen MR) is 155 cm³/mol. The van der Waals surface area contributed by atoms with Gasteiger partial charge >= 0.3 is 6.18 Å². The molecule has 3 heterocycles. The third-order valence-electron chi connectivity index (χ3n) is 7.98. The van der Waals surface area contributed by atoms with E-state index < -0.39 is 23.6 Å². The third kappa shape index (κ3) is 7.28. The summed E-state index contributed by atoms with van der Waals surface area (Å²) in [4.78, 5) is 35.6. The van der Waals surface area contributed by atoms with Crippen molar-refractivity contribution in [3.8, 4) is 0 Å². The summed E-state index contributed by atoms with van der Waals surface area (Å²) in [5, 5.41) is 5.06. The fourth-order valence-electron chi connectivity index (χ4n) is 5.65. The molecule has 0 unspecified atom stereocenters. The molecule has 40 heavy (non-hydrogen) atoms. The van der Waals surface area contributed by atoms with Gasteiger partial charge in [0.2, 0.25) is 0 Å². The molecule has 2 aliphatic heterocycles. The maximum Gasteiger partial charge on any atom is 0.405 e. The first kappa shape index (κ1) is 30.6. The summed E-state index contributed by atoms with van der Waals surface area (Å²) in [6.45, 7) is 14.9. The van der Waals surface area contributed by atoms with Crippen molar-refractivity contribution >= 4 is 34.5 Å². The van der Waals surface area contributed by atoms with Crippen LogP contribution in [-0.4, -0.2) is 78.4 Å². The summed E-state index contributed by atoms with van der Waals surface area (Å²) in [6, 6.07) is 2.61. The summed E-state index contributed by atoms with van der Waals surface area (Å²) in [7, 11) is 0. The van der Waals surface area contributed by atoms with Crippen LogP contribution in [0, 0.1) is 5.41 Å². The highest BCUT2D eigenvalue weighted by Gasteiger charge is 2.36. The second-order valence-corrected chi connectivity index (χ2v) is 12.9. The lowest BCUT2D eigenvalue weighted by Gasteiger charge is -2.49. The number of anilines is 4. The van der Waals surface area contributed by atoms with Gasteiger partial charge in [-0.1, -0.05) is 32.4 Å². The monoisotopic (exact) mass is 584 g/mol. The molecular formula is C28H40ClF3N6O2. The lowest BCUT2D eigenvalue weighted by atomic mass is 9.91. The van der Waals surface area contributed by atoms with Gasteiger partial charge in [0.1, 0.15) is 23.7 Å². The van der Waals surface area contributed by atoms with Crippen LogP contribution in [0.2, 0.25) is 5.02 Å². The van der Waals surface area contributed by atoms with Crippen molar-refractivity contribution in [3.63, 3.8) is 0 Å². The Labute approximate surface area is 238 Å². The zero-order chi connectivity index (χ0) is 29.4. The summed E-state index contributed by atoms with van der Waals surface area (Å²) in [6.07, 6.45) is 0.483. The number of pyridine rings is 1. The molecule has 2 fully saturated rings. The van der Waals surface area contributed by atoms with E-state index >= 15 is 0 Å². The number of likely N-dealkylation sites (tertiary alicyclic amines) is 1. The van der Waals surface area contributed by atoms with Gasteiger partial charge in [0.05, 0.1) is 16.9 Å². The topological polar surface area (TPSA) is 80.8 Å². The van der Waals surface area contributed by atoms with E-state index in [0.717, 1.165) is 45.6 Å². The van der Waals surface area contributed by atoms with Crippen molar-refractivity contribution in [2.45, 2.75) is 78.2 Å². The number of hydrogen-bond acceptors (Lipinski definition) is 8. The van der Waals surface area contributed by atoms with E-state index in [4.69, 9.17) is 11.6 Å². The molecule has 0 amide bonds. The van der Waals surface area contributed by atoms with Gasteiger partial charge in [-0.05, 0) is 64.2 Å². The Bertz CT molecular complexity index is 1250. The Balaban J connectivity index is 1.36. The van der Waals surface area contributed by atoms with Gasteiger partial charge in [-0.15, -0.1) is 0 Å². The van der Waals surface area contributed by atoms with E-state index in [1.165, 1.54) is 12.6 Å². The maximum absolute atomic E-state index is 12.6. The lowest BCUT2D eigenvalue weighted by Crippen LogP contribution is -2.61. The standard InChI is InChI=1S/C28H40ClF3N6O2/c1-17-15-38(18(2)14-37(17)20-6-9-36(10-7-20)11-8-27(3,4)5)26-21(29)12-19(13-33-26)35-23-22(24(39)25(23)40)34-16-28(30,31)32/h12-13,17-18,20,34-35H,6-11,14-16H2,1-5H3/t17-,18+/m1/s1. The van der Waals surface area contributed by atoms with Gasteiger partial charge in [-0.3, -0.25) is 14.5 Å². The van der Waals surface area contributed by atoms with Crippen LogP contribution in [0.5, 0.6) is 0 Å². The first-order chi connectivity index (χ1) is 18.6. The van der Waals surface area contributed by atoms with Gasteiger partial charge in [0.15, 0.2) is 0 Å². The number of piperazine rings is 1. The van der Waals surface area contributed by atoms with Crippen LogP contribution >= 0.6 is 11.6 Å². The number of nitrogens with one attached hydrogen (secondary N) is 2. The summed E-state index contributed by atoms with van der Waals surface area (Å²) >= 11 is 6.61. The second kappa shape index (κ2) is 11.9. The molecule has 2 aromatic rings. The fourth-order valence-corrected chi connectivity index (χ4v) is 5.92. The molecule has 2 saturated heterocycles. The predicted octanol–water partition coefficient (Wildman–Crippen LogP) is 4.85. The molecule has 2 N–H and O–H groups in total. The van der Waals surface area contributed by atoms with Crippen LogP contribution < -0.4 is 26.4 Å². The number of aromatic nitrogens is 1. The van der Waals surface area contributed by atoms with E-state index in [9.17, 15) is 22.8 Å². The lowest BCUT2D eigenvalue weighted by molar-refractivity contribution is -0.115. The molecule has 12 heteroatoms. The summed E-state index contributed by atoms with van der Waals surface area (Å²) < 4.78 is 37.7. The minimum absolute atomic E-state index is 0.172. The SMILES string of the molecule is C[C@@H]1CN(c2ncc(Nc3c(NCC(F)(F)F)c(=O)c3=O)cc2Cl)[C@@H](C)CN1C1CCN(CCC(C)(C)C)CC1. The molecule has 0 radical (unpaired) electrons. The maximum atomic E-state index is 12.6. The number of piperidine rings is 1. The van der Waals surface area contributed by atoms with Gasteiger partial charge in [0, 0.05) is 31.2 Å². The molecule has 4 rings (SSSR count). The van der Waals surface area contributed by atoms with Gasteiger partial charge < -0.3 is 20.4 Å². The molecule has 0 bridgehead atoms. The average Bonchev–Trinajstić information content (AvgIpc) is 2.87. The van der Waals surface area contributed by atoms with Crippen LogP contribution in [0.4, 0.5) is 36.1 Å². The number of rotatable bonds is 8. The fraction of sp³-hybridized carbons (Fsp3) is 0.679. The van der Waals surface area contributed by atoms with Crippen LogP contribution in [0.25, 0.3) is 0 Å². The molecule has 1 aromatic heterocycles. The highest BCUT2D eigenvalue weighted by Crippen LogP contribution is 2.33. The number of nitrogens with zero attached hydrogens (tertiary/aromatic N) is 4. The summed E-state index contributed by atoms with van der Waals surface area (Å²) in [5.41, 5.74) is -1.82. The first-order valence-electron chi connectivity index (χ1n) is 13.9. The van der Waals surface area contributed by atoms with Crippen molar-refractivity contribution in [3.05, 3.63) is 37.7 Å². The number of halogens is 4. The summed E-state index contributed by atoms with van der Waals surface area (Å²) in [5.74, 6) is 0.614. The van der Waals surface area contributed by atoms with E-state index in [2.05, 4.69) is 59.6 Å². The van der Waals surface area contributed by atoms with E-state index in [1.54, 1.807) is 6.07 Å². The normalized spacial score (nSPS) is 22.2. The Kier molecular flexibility index (Phi) is 9.06. The Morgan fingerprint density at radius 2 is 1.68 bits per heavy atom. The molecule has 1 aromatic carbocycles. The molecule has 0 spiro atoms. The van der Waals surface area contributed by atoms with E-state index in [-0.39, 0.29) is 17.4 Å². The molecule has 0 aliphatic carbocycles. The molecule has 0 saturated carbocycles. The first-order valence-corrected chi connectivity index (χ1v) is 14.3. The van der Waals surface area contributed by atoms with E-state index in [0.29, 0.717) is 34.0 Å². The Hall–Kier alpha value is -2.37. The zero-order valence-corrected chi connectivity index (χ0v) is 24.6. The van der Waals surface area contributed by atoms with Gasteiger partial charge in [-0.2, -0.15) is 13.2 Å². The van der Waals surface area contributed by atoms with Crippen molar-refractivity contribution in [1.82, 2.24) is 14.8 Å². The Morgan fingerprint density at radius 3 is 2.27 bits per heavy atom. The molecule has 2 aliphatic rings. The van der Waals surface area contributed by atoms with Crippen molar-refractivity contribution in [1.29, 1.82) is 0 Å². The van der Waals surface area contributed by atoms with Crippen LogP contribution in [0.15, 0.2) is 21.9 Å². The van der Waals surface area contributed by atoms with Crippen molar-refractivity contribution < 1.29 is 13.2 Å². The zero-order valence-electron chi connectivity index (χ0n) is 23.9. The van der Waals surface area contributed by atoms with Crippen LogP contribution in [0.1, 0.15) is 53.9 Å². The highest BCUT2D eigenvalue weighted by atomic mass is 35.5. The minimum Gasteiger partial charge on any atom is -0.371 e. The van der Waals surface area contributed by atoms with Gasteiger partial charge in [0.25, 0.3) is 10.9 Å². The Morgan fingerprint density at radius 1 is 1.02 bits per heavy atom. The van der Waals surface area contributed by atoms with Crippen molar-refractivity contribution in [2.75, 3.05) is 54.8 Å². The van der Waals surface area contributed by atoms with Gasteiger partial charge in [-0.25, -0.2) is 4.98 Å².